The van der Waals surface area contributed by atoms with Crippen molar-refractivity contribution in [1.82, 2.24) is 0 Å². The van der Waals surface area contributed by atoms with Gasteiger partial charge in [-0.1, -0.05) is 303 Å². The Bertz CT molecular complexity index is 1820. The second-order valence-corrected chi connectivity index (χ2v) is 26.3. The highest BCUT2D eigenvalue weighted by Crippen LogP contribution is 2.38. The van der Waals surface area contributed by atoms with Crippen molar-refractivity contribution >= 4 is 19.8 Å². The summed E-state index contributed by atoms with van der Waals surface area (Å²) in [5.74, 6) is -0.828. The van der Waals surface area contributed by atoms with Gasteiger partial charge in [-0.25, -0.2) is 0 Å². The van der Waals surface area contributed by atoms with Crippen molar-refractivity contribution in [3.63, 3.8) is 0 Å². The van der Waals surface area contributed by atoms with Crippen LogP contribution in [-0.2, 0) is 32.7 Å². The molecule has 0 aromatic heterocycles. The van der Waals surface area contributed by atoms with Gasteiger partial charge in [-0.3, -0.25) is 14.2 Å². The Morgan fingerprint density at radius 2 is 0.663 bits per heavy atom. The number of hydrogen-bond acceptors (Lipinski definition) is 8. The van der Waals surface area contributed by atoms with E-state index in [0.29, 0.717) is 17.4 Å². The molecule has 9 nitrogen and oxygen atoms in total. The molecule has 0 aliphatic heterocycles. The summed E-state index contributed by atoms with van der Waals surface area (Å²) in [6.07, 6.45) is 93.1. The summed E-state index contributed by atoms with van der Waals surface area (Å²) < 4.78 is 34.3. The number of carbonyl (C=O) groups excluding carboxylic acids is 2. The molecule has 0 rings (SSSR count). The van der Waals surface area contributed by atoms with Crippen LogP contribution in [0.25, 0.3) is 0 Å². The highest BCUT2D eigenvalue weighted by Gasteiger charge is 2.22. The summed E-state index contributed by atoms with van der Waals surface area (Å²) in [7, 11) is 1.17. The number of carbonyl (C=O) groups is 2. The van der Waals surface area contributed by atoms with E-state index in [1.165, 1.54) is 186 Å². The number of hydrogen-bond donors (Lipinski definition) is 0. The third-order valence-electron chi connectivity index (χ3n) is 15.3. The second kappa shape index (κ2) is 66.1. The van der Waals surface area contributed by atoms with Gasteiger partial charge in [0.05, 0.1) is 27.7 Å². The molecule has 0 aromatic rings. The number of phosphoric acid groups is 1. The smallest absolute Gasteiger partial charge is 0.306 e. The molecule has 0 aliphatic carbocycles. The van der Waals surface area contributed by atoms with E-state index >= 15 is 0 Å². The standard InChI is InChI=1S/C76H134NO8P/c1-6-8-10-12-14-16-18-20-22-24-26-28-30-31-32-33-34-35-36-37-38-39-40-41-42-43-44-45-47-49-51-53-55-57-59-61-63-65-67-69-76(79)85-74(73-84-86(80,81)83-71-70-77(3,4)5)72-82-75(78)68-66-64-62-60-58-56-54-52-50-48-46-29-27-25-23-21-19-17-15-13-11-9-7-2/h8,10,14,16,20,22,25-28,31-32,34-35,37-38,40-41,74H,6-7,9,11-13,15,17-19,21,23-24,29-30,33,36,39,42-73H2,1-5H3/b10-8-,16-14-,22-20-,27-25-,28-26-,32-31-,35-34-,38-37-,41-40-. The van der Waals surface area contributed by atoms with E-state index in [2.05, 4.69) is 123 Å². The van der Waals surface area contributed by atoms with Gasteiger partial charge in [0.1, 0.15) is 19.8 Å². The largest absolute Gasteiger partial charge is 0.756 e. The lowest BCUT2D eigenvalue weighted by atomic mass is 10.0. The number of likely N-dealkylation sites (N-methyl/N-ethyl adjacent to an activating group) is 1. The summed E-state index contributed by atoms with van der Waals surface area (Å²) in [6.45, 7) is 4.15. The van der Waals surface area contributed by atoms with Crippen LogP contribution in [0.1, 0.15) is 309 Å². The summed E-state index contributed by atoms with van der Waals surface area (Å²) in [4.78, 5) is 38.1. The van der Waals surface area contributed by atoms with E-state index in [1.54, 1.807) is 0 Å². The van der Waals surface area contributed by atoms with Gasteiger partial charge in [0, 0.05) is 12.8 Å². The molecule has 0 fully saturated rings. The van der Waals surface area contributed by atoms with Crippen LogP contribution in [0.5, 0.6) is 0 Å². The number of nitrogens with zero attached hydrogens (tertiary/aromatic N) is 1. The molecule has 0 bridgehead atoms. The lowest BCUT2D eigenvalue weighted by Crippen LogP contribution is -2.37. The minimum atomic E-state index is -4.65. The molecular formula is C76H134NO8P. The highest BCUT2D eigenvalue weighted by atomic mass is 31.2. The summed E-state index contributed by atoms with van der Waals surface area (Å²) in [6, 6.07) is 0. The average molecular weight is 1220 g/mol. The Morgan fingerprint density at radius 3 is 1.00 bits per heavy atom. The van der Waals surface area contributed by atoms with Crippen LogP contribution >= 0.6 is 7.82 Å². The van der Waals surface area contributed by atoms with Gasteiger partial charge in [0.2, 0.25) is 0 Å². The monoisotopic (exact) mass is 1220 g/mol. The van der Waals surface area contributed by atoms with Crippen molar-refractivity contribution in [3.8, 4) is 0 Å². The van der Waals surface area contributed by atoms with Crippen LogP contribution < -0.4 is 4.89 Å². The lowest BCUT2D eigenvalue weighted by Gasteiger charge is -2.28. The van der Waals surface area contributed by atoms with Crippen LogP contribution in [0.2, 0.25) is 0 Å². The zero-order chi connectivity index (χ0) is 62.6. The molecule has 0 saturated carbocycles. The summed E-state index contributed by atoms with van der Waals surface area (Å²) >= 11 is 0. The van der Waals surface area contributed by atoms with Crippen molar-refractivity contribution in [1.29, 1.82) is 0 Å². The molecule has 0 spiro atoms. The first-order valence-electron chi connectivity index (χ1n) is 35.6. The van der Waals surface area contributed by atoms with E-state index < -0.39 is 26.5 Å². The molecule has 0 N–H and O–H groups in total. The van der Waals surface area contributed by atoms with Crippen LogP contribution in [0.15, 0.2) is 109 Å². The third-order valence-corrected chi connectivity index (χ3v) is 16.2. The Kier molecular flexibility index (Phi) is 63.5. The molecule has 2 unspecified atom stereocenters. The van der Waals surface area contributed by atoms with Crippen molar-refractivity contribution in [2.75, 3.05) is 47.5 Å². The molecule has 0 radical (unpaired) electrons. The van der Waals surface area contributed by atoms with E-state index in [4.69, 9.17) is 18.5 Å². The van der Waals surface area contributed by atoms with Gasteiger partial charge in [0.15, 0.2) is 6.10 Å². The Hall–Kier alpha value is -3.33. The minimum Gasteiger partial charge on any atom is -0.756 e. The van der Waals surface area contributed by atoms with E-state index in [0.717, 1.165) is 89.9 Å². The number of phosphoric ester groups is 1. The zero-order valence-electron chi connectivity index (χ0n) is 56.5. The first-order chi connectivity index (χ1) is 42.0. The SMILES string of the molecule is CC/C=C\C/C=C\C/C=C\C/C=C\C/C=C\C/C=C\C/C=C\C/C=C\CCCCCCCCCCCCCCCCC(=O)OC(COC(=O)CCCCCCCCCCCCC/C=C\CCCCCCCCCC)COP(=O)([O-])OCC[N+](C)(C)C. The number of esters is 2. The van der Waals surface area contributed by atoms with E-state index in [9.17, 15) is 19.0 Å². The molecule has 0 aliphatic rings. The predicted octanol–water partition coefficient (Wildman–Crippen LogP) is 22.6. The maximum absolute atomic E-state index is 12.9. The molecule has 0 saturated heterocycles. The lowest BCUT2D eigenvalue weighted by molar-refractivity contribution is -0.870. The number of allylic oxidation sites excluding steroid dienone is 18. The summed E-state index contributed by atoms with van der Waals surface area (Å²) in [5, 5.41) is 0. The number of rotatable bonds is 65. The molecule has 86 heavy (non-hydrogen) atoms. The highest BCUT2D eigenvalue weighted by molar-refractivity contribution is 7.45. The van der Waals surface area contributed by atoms with Crippen LogP contribution in [-0.4, -0.2) is 70.0 Å². The third kappa shape index (κ3) is 69.8. The van der Waals surface area contributed by atoms with E-state index in [-0.39, 0.29) is 32.0 Å². The fraction of sp³-hybridized carbons (Fsp3) is 0.737. The Morgan fingerprint density at radius 1 is 0.372 bits per heavy atom. The normalized spacial score (nSPS) is 13.8. The number of unbranched alkanes of at least 4 members (excludes halogenated alkanes) is 33. The first kappa shape index (κ1) is 82.7. The number of quaternary nitrogens is 1. The molecular weight excluding hydrogens is 1090 g/mol. The van der Waals surface area contributed by atoms with Crippen LogP contribution in [0, 0.1) is 0 Å². The Balaban J connectivity index is 4.03. The Labute approximate surface area is 531 Å². The molecule has 0 aromatic carbocycles. The second-order valence-electron chi connectivity index (χ2n) is 24.9. The van der Waals surface area contributed by atoms with Crippen LogP contribution in [0.3, 0.4) is 0 Å². The molecule has 496 valence electrons. The average Bonchev–Trinajstić information content (AvgIpc) is 3.56. The van der Waals surface area contributed by atoms with Gasteiger partial charge < -0.3 is 27.9 Å². The maximum atomic E-state index is 12.9. The molecule has 10 heteroatoms. The van der Waals surface area contributed by atoms with Gasteiger partial charge in [-0.15, -0.1) is 0 Å². The van der Waals surface area contributed by atoms with Gasteiger partial charge in [-0.05, 0) is 103 Å². The fourth-order valence-electron chi connectivity index (χ4n) is 9.85. The molecule has 0 amide bonds. The quantitative estimate of drug-likeness (QED) is 0.0195. The molecule has 2 atom stereocenters. The molecule has 0 heterocycles. The first-order valence-corrected chi connectivity index (χ1v) is 37.1. The van der Waals surface area contributed by atoms with E-state index in [1.807, 2.05) is 21.1 Å². The van der Waals surface area contributed by atoms with Crippen molar-refractivity contribution in [3.05, 3.63) is 109 Å². The topological polar surface area (TPSA) is 111 Å². The van der Waals surface area contributed by atoms with Gasteiger partial charge in [-0.2, -0.15) is 0 Å². The van der Waals surface area contributed by atoms with Crippen molar-refractivity contribution in [2.45, 2.75) is 315 Å². The minimum absolute atomic E-state index is 0.0335. The number of ether oxygens (including phenoxy) is 2. The summed E-state index contributed by atoms with van der Waals surface area (Å²) in [5.41, 5.74) is 0. The van der Waals surface area contributed by atoms with Gasteiger partial charge in [0.25, 0.3) is 7.82 Å². The fourth-order valence-corrected chi connectivity index (χ4v) is 10.6. The zero-order valence-corrected chi connectivity index (χ0v) is 57.4. The van der Waals surface area contributed by atoms with Crippen LogP contribution in [0.4, 0.5) is 0 Å². The van der Waals surface area contributed by atoms with Gasteiger partial charge >= 0.3 is 11.9 Å². The maximum Gasteiger partial charge on any atom is 0.306 e. The van der Waals surface area contributed by atoms with Crippen molar-refractivity contribution in [2.24, 2.45) is 0 Å². The van der Waals surface area contributed by atoms with Crippen molar-refractivity contribution < 1.29 is 42.1 Å². The predicted molar refractivity (Wildman–Crippen MR) is 369 cm³/mol.